The molecule has 21 heavy (non-hydrogen) atoms. The van der Waals surface area contributed by atoms with Gasteiger partial charge in [-0.2, -0.15) is 0 Å². The van der Waals surface area contributed by atoms with Crippen LogP contribution in [0.3, 0.4) is 0 Å². The van der Waals surface area contributed by atoms with Gasteiger partial charge in [0.1, 0.15) is 0 Å². The van der Waals surface area contributed by atoms with Gasteiger partial charge in [0.25, 0.3) is 0 Å². The molecule has 0 unspecified atom stereocenters. The van der Waals surface area contributed by atoms with Crippen LogP contribution in [-0.2, 0) is 22.3 Å². The Balaban J connectivity index is 2.59. The molecule has 0 amide bonds. The number of nitrogens with one attached hydrogen (secondary N) is 2. The Hall–Kier alpha value is -1.86. The van der Waals surface area contributed by atoms with Crippen molar-refractivity contribution in [3.63, 3.8) is 0 Å². The molecule has 0 aliphatic heterocycles. The summed E-state index contributed by atoms with van der Waals surface area (Å²) in [5.74, 6) is 0.329. The second-order valence-electron chi connectivity index (χ2n) is 4.79. The molecule has 0 aromatic heterocycles. The number of nitrogens with zero attached hydrogens (tertiary/aromatic N) is 1. The topological polar surface area (TPSA) is 96.6 Å². The van der Waals surface area contributed by atoms with E-state index >= 15 is 0 Å². The summed E-state index contributed by atoms with van der Waals surface area (Å²) < 4.78 is 25.1. The first-order chi connectivity index (χ1) is 9.82. The van der Waals surface area contributed by atoms with E-state index in [1.54, 1.807) is 12.1 Å². The minimum Gasteiger partial charge on any atom is -0.370 e. The smallest absolute Gasteiger partial charge is 0.215 e. The maximum Gasteiger partial charge on any atom is 0.215 e. The van der Waals surface area contributed by atoms with Crippen molar-refractivity contribution in [2.45, 2.75) is 19.2 Å². The van der Waals surface area contributed by atoms with Gasteiger partial charge in [-0.25, -0.2) is 18.1 Å². The third-order valence-corrected chi connectivity index (χ3v) is 4.03. The minimum atomic E-state index is -3.24. The molecular weight excluding hydrogens is 288 g/mol. The Labute approximate surface area is 126 Å². The monoisotopic (exact) mass is 310 g/mol. The third kappa shape index (κ3) is 6.92. The maximum atomic E-state index is 11.4. The lowest BCUT2D eigenvalue weighted by atomic mass is 10.1. The van der Waals surface area contributed by atoms with Crippen molar-refractivity contribution in [1.29, 1.82) is 0 Å². The summed E-state index contributed by atoms with van der Waals surface area (Å²) in [5.41, 5.74) is 8.37. The molecule has 0 bridgehead atoms. The molecule has 0 saturated carbocycles. The lowest BCUT2D eigenvalue weighted by Crippen LogP contribution is -2.32. The summed E-state index contributed by atoms with van der Waals surface area (Å²) in [6, 6.07) is 7.24. The average Bonchev–Trinajstić information content (AvgIpc) is 2.44. The summed E-state index contributed by atoms with van der Waals surface area (Å²) >= 11 is 0. The van der Waals surface area contributed by atoms with Crippen LogP contribution in [0.2, 0.25) is 0 Å². The predicted molar refractivity (Wildman–Crippen MR) is 86.3 cm³/mol. The number of hydrogen-bond acceptors (Lipinski definition) is 3. The first kappa shape index (κ1) is 17.2. The highest BCUT2D eigenvalue weighted by molar-refractivity contribution is 7.88. The highest BCUT2D eigenvalue weighted by atomic mass is 32.2. The van der Waals surface area contributed by atoms with Crippen molar-refractivity contribution < 1.29 is 8.42 Å². The van der Waals surface area contributed by atoms with Crippen LogP contribution in [0.15, 0.2) is 41.4 Å². The molecule has 1 rings (SSSR count). The predicted octanol–water partition coefficient (Wildman–Crippen LogP) is 0.716. The first-order valence-corrected chi connectivity index (χ1v) is 8.15. The number of sulfonamides is 1. The van der Waals surface area contributed by atoms with Crippen LogP contribution < -0.4 is 15.8 Å². The summed E-state index contributed by atoms with van der Waals surface area (Å²) in [5, 5.41) is 2.94. The zero-order chi connectivity index (χ0) is 15.9. The molecule has 0 aliphatic carbocycles. The van der Waals surface area contributed by atoms with Crippen molar-refractivity contribution in [3.05, 3.63) is 47.5 Å². The summed E-state index contributed by atoms with van der Waals surface area (Å²) in [6.45, 7) is 6.70. The van der Waals surface area contributed by atoms with Gasteiger partial charge in [-0.3, -0.25) is 0 Å². The standard InChI is InChI=1S/C14H22N4O2S/c1-11(2)8-17-14(15)18-9-12-4-6-13(7-5-12)10-21(19,20)16-3/h4-7,16H,1,8-10H2,2-3H3,(H3,15,17,18). The highest BCUT2D eigenvalue weighted by Crippen LogP contribution is 2.08. The van der Waals surface area contributed by atoms with Crippen molar-refractivity contribution in [3.8, 4) is 0 Å². The van der Waals surface area contributed by atoms with Gasteiger partial charge in [0.15, 0.2) is 5.96 Å². The van der Waals surface area contributed by atoms with Crippen LogP contribution in [0.5, 0.6) is 0 Å². The van der Waals surface area contributed by atoms with Gasteiger partial charge in [-0.15, -0.1) is 0 Å². The zero-order valence-electron chi connectivity index (χ0n) is 12.4. The summed E-state index contributed by atoms with van der Waals surface area (Å²) in [6.07, 6.45) is 0. The molecule has 0 radical (unpaired) electrons. The van der Waals surface area contributed by atoms with E-state index in [2.05, 4.69) is 21.6 Å². The molecule has 0 spiro atoms. The maximum absolute atomic E-state index is 11.4. The molecule has 0 atom stereocenters. The van der Waals surface area contributed by atoms with Gasteiger partial charge in [-0.1, -0.05) is 36.4 Å². The largest absolute Gasteiger partial charge is 0.370 e. The normalized spacial score (nSPS) is 12.2. The lowest BCUT2D eigenvalue weighted by molar-refractivity contribution is 0.587. The van der Waals surface area contributed by atoms with Gasteiger partial charge in [0, 0.05) is 6.54 Å². The highest BCUT2D eigenvalue weighted by Gasteiger charge is 2.07. The molecule has 1 aromatic rings. The average molecular weight is 310 g/mol. The summed E-state index contributed by atoms with van der Waals surface area (Å²) in [4.78, 5) is 4.20. The van der Waals surface area contributed by atoms with Crippen molar-refractivity contribution in [1.82, 2.24) is 10.0 Å². The number of rotatable bonds is 7. The molecule has 0 aliphatic rings. The molecule has 6 nitrogen and oxygen atoms in total. The van der Waals surface area contributed by atoms with Crippen molar-refractivity contribution in [2.75, 3.05) is 13.6 Å². The van der Waals surface area contributed by atoms with Crippen LogP contribution in [0.25, 0.3) is 0 Å². The first-order valence-electron chi connectivity index (χ1n) is 6.49. The fourth-order valence-corrected chi connectivity index (χ4v) is 2.28. The quantitative estimate of drug-likeness (QED) is 0.393. The van der Waals surface area contributed by atoms with Crippen LogP contribution in [0.1, 0.15) is 18.1 Å². The molecular formula is C14H22N4O2S. The van der Waals surface area contributed by atoms with E-state index < -0.39 is 10.0 Å². The van der Waals surface area contributed by atoms with Crippen molar-refractivity contribution in [2.24, 2.45) is 10.7 Å². The number of hydrogen-bond donors (Lipinski definition) is 3. The molecule has 116 valence electrons. The van der Waals surface area contributed by atoms with E-state index in [9.17, 15) is 8.42 Å². The number of aliphatic imine (C=N–C) groups is 1. The second kappa shape index (κ2) is 7.80. The second-order valence-corrected chi connectivity index (χ2v) is 6.72. The van der Waals surface area contributed by atoms with Gasteiger partial charge in [-0.05, 0) is 25.1 Å². The Morgan fingerprint density at radius 3 is 2.38 bits per heavy atom. The summed E-state index contributed by atoms with van der Waals surface area (Å²) in [7, 11) is -1.84. The Kier molecular flexibility index (Phi) is 6.39. The van der Waals surface area contributed by atoms with Gasteiger partial charge in [0.05, 0.1) is 12.3 Å². The van der Waals surface area contributed by atoms with Crippen molar-refractivity contribution >= 4 is 16.0 Å². The molecule has 0 saturated heterocycles. The van der Waals surface area contributed by atoms with Gasteiger partial charge < -0.3 is 11.1 Å². The molecule has 0 heterocycles. The van der Waals surface area contributed by atoms with Gasteiger partial charge >= 0.3 is 0 Å². The molecule has 4 N–H and O–H groups in total. The Morgan fingerprint density at radius 2 is 1.86 bits per heavy atom. The Morgan fingerprint density at radius 1 is 1.29 bits per heavy atom. The third-order valence-electron chi connectivity index (χ3n) is 2.69. The SMILES string of the molecule is C=C(C)CNC(N)=NCc1ccc(CS(=O)(=O)NC)cc1. The van der Waals surface area contributed by atoms with Crippen LogP contribution in [0.4, 0.5) is 0 Å². The van der Waals surface area contributed by atoms with Crippen LogP contribution in [-0.4, -0.2) is 28.0 Å². The number of benzene rings is 1. The fourth-order valence-electron chi connectivity index (χ4n) is 1.51. The van der Waals surface area contributed by atoms with E-state index in [-0.39, 0.29) is 5.75 Å². The van der Waals surface area contributed by atoms with E-state index in [1.807, 2.05) is 19.1 Å². The Bertz CT molecular complexity index is 606. The number of nitrogens with two attached hydrogens (primary N) is 1. The van der Waals surface area contributed by atoms with Gasteiger partial charge in [0.2, 0.25) is 10.0 Å². The van der Waals surface area contributed by atoms with E-state index in [4.69, 9.17) is 5.73 Å². The number of guanidine groups is 1. The van der Waals surface area contributed by atoms with E-state index in [0.29, 0.717) is 19.0 Å². The molecule has 1 aromatic carbocycles. The molecule has 0 fully saturated rings. The molecule has 7 heteroatoms. The zero-order valence-corrected chi connectivity index (χ0v) is 13.2. The van der Waals surface area contributed by atoms with E-state index in [1.165, 1.54) is 7.05 Å². The van der Waals surface area contributed by atoms with Crippen LogP contribution >= 0.6 is 0 Å². The minimum absolute atomic E-state index is 0.0324. The fraction of sp³-hybridized carbons (Fsp3) is 0.357. The lowest BCUT2D eigenvalue weighted by Gasteiger charge is -2.06. The van der Waals surface area contributed by atoms with Crippen LogP contribution in [0, 0.1) is 0 Å². The van der Waals surface area contributed by atoms with E-state index in [0.717, 1.165) is 16.7 Å².